The summed E-state index contributed by atoms with van der Waals surface area (Å²) in [5.41, 5.74) is 0.530. The molecule has 0 aromatic heterocycles. The molecule has 2 aliphatic rings. The average Bonchev–Trinajstić information content (AvgIpc) is 2.83. The van der Waals surface area contributed by atoms with Gasteiger partial charge < -0.3 is 10.2 Å². The molecule has 0 spiro atoms. The minimum absolute atomic E-state index is 0.213. The fourth-order valence-corrected chi connectivity index (χ4v) is 3.51. The molecule has 0 saturated heterocycles. The number of hydrogen-bond donors (Lipinski definition) is 2. The van der Waals surface area contributed by atoms with Crippen molar-refractivity contribution >= 4 is 0 Å². The standard InChI is InChI=1S/C15H24O2/c1-11-12-5-6-13(9-12)15(11,3)8-4-7-14(2,17)10-16/h4,7,12-13,16-17H,1,5-6,8-10H2,2-3H3/b7-4+/t12-,13+,14-,15+/m1/s1. The lowest BCUT2D eigenvalue weighted by molar-refractivity contribution is 0.0431. The highest BCUT2D eigenvalue weighted by atomic mass is 16.3. The van der Waals surface area contributed by atoms with Crippen molar-refractivity contribution < 1.29 is 10.2 Å². The van der Waals surface area contributed by atoms with Gasteiger partial charge in [-0.3, -0.25) is 0 Å². The second-order valence-electron chi connectivity index (χ2n) is 6.27. The summed E-state index contributed by atoms with van der Waals surface area (Å²) < 4.78 is 0. The molecule has 2 fully saturated rings. The molecule has 96 valence electrons. The van der Waals surface area contributed by atoms with Crippen LogP contribution in [0.3, 0.4) is 0 Å². The Hall–Kier alpha value is -0.600. The van der Waals surface area contributed by atoms with E-state index in [-0.39, 0.29) is 12.0 Å². The van der Waals surface area contributed by atoms with Gasteiger partial charge in [0.05, 0.1) is 6.61 Å². The monoisotopic (exact) mass is 236 g/mol. The fourth-order valence-electron chi connectivity index (χ4n) is 3.51. The van der Waals surface area contributed by atoms with E-state index >= 15 is 0 Å². The van der Waals surface area contributed by atoms with Crippen LogP contribution in [0, 0.1) is 17.3 Å². The van der Waals surface area contributed by atoms with E-state index in [0.29, 0.717) is 0 Å². The number of hydrogen-bond acceptors (Lipinski definition) is 2. The Kier molecular flexibility index (Phi) is 3.21. The Morgan fingerprint density at radius 3 is 2.76 bits per heavy atom. The van der Waals surface area contributed by atoms with Crippen molar-refractivity contribution in [3.05, 3.63) is 24.3 Å². The van der Waals surface area contributed by atoms with Gasteiger partial charge >= 0.3 is 0 Å². The highest BCUT2D eigenvalue weighted by Gasteiger charge is 2.49. The van der Waals surface area contributed by atoms with Crippen molar-refractivity contribution in [1.29, 1.82) is 0 Å². The summed E-state index contributed by atoms with van der Waals surface area (Å²) in [7, 11) is 0. The molecule has 4 atom stereocenters. The van der Waals surface area contributed by atoms with E-state index in [1.54, 1.807) is 13.0 Å². The fraction of sp³-hybridized carbons (Fsp3) is 0.733. The maximum atomic E-state index is 9.72. The number of fused-ring (bicyclic) bond motifs is 2. The van der Waals surface area contributed by atoms with Crippen LogP contribution in [-0.2, 0) is 0 Å². The van der Waals surface area contributed by atoms with Crippen LogP contribution in [-0.4, -0.2) is 22.4 Å². The predicted molar refractivity (Wildman–Crippen MR) is 69.5 cm³/mol. The van der Waals surface area contributed by atoms with E-state index in [4.69, 9.17) is 5.11 Å². The van der Waals surface area contributed by atoms with Crippen molar-refractivity contribution in [2.24, 2.45) is 17.3 Å². The van der Waals surface area contributed by atoms with Crippen LogP contribution in [0.1, 0.15) is 39.5 Å². The summed E-state index contributed by atoms with van der Waals surface area (Å²) in [6.07, 6.45) is 8.61. The number of aliphatic hydroxyl groups is 2. The smallest absolute Gasteiger partial charge is 0.103 e. The van der Waals surface area contributed by atoms with Gasteiger partial charge in [0.1, 0.15) is 5.60 Å². The van der Waals surface area contributed by atoms with Crippen molar-refractivity contribution in [3.8, 4) is 0 Å². The summed E-state index contributed by atoms with van der Waals surface area (Å²) in [6, 6.07) is 0. The topological polar surface area (TPSA) is 40.5 Å². The largest absolute Gasteiger partial charge is 0.393 e. The lowest BCUT2D eigenvalue weighted by Crippen LogP contribution is -2.27. The van der Waals surface area contributed by atoms with Crippen LogP contribution >= 0.6 is 0 Å². The van der Waals surface area contributed by atoms with Gasteiger partial charge in [0.15, 0.2) is 0 Å². The van der Waals surface area contributed by atoms with Crippen molar-refractivity contribution in [2.75, 3.05) is 6.61 Å². The second kappa shape index (κ2) is 4.25. The zero-order chi connectivity index (χ0) is 12.7. The Bertz CT molecular complexity index is 343. The van der Waals surface area contributed by atoms with Gasteiger partial charge in [-0.15, -0.1) is 0 Å². The lowest BCUT2D eigenvalue weighted by Gasteiger charge is -2.35. The van der Waals surface area contributed by atoms with E-state index in [0.717, 1.165) is 18.3 Å². The zero-order valence-electron chi connectivity index (χ0n) is 10.9. The van der Waals surface area contributed by atoms with Gasteiger partial charge in [-0.2, -0.15) is 0 Å². The molecule has 2 saturated carbocycles. The van der Waals surface area contributed by atoms with Gasteiger partial charge in [0.2, 0.25) is 0 Å². The van der Waals surface area contributed by atoms with Crippen LogP contribution in [0.2, 0.25) is 0 Å². The molecular weight excluding hydrogens is 212 g/mol. The summed E-state index contributed by atoms with van der Waals surface area (Å²) >= 11 is 0. The average molecular weight is 236 g/mol. The molecule has 2 aliphatic carbocycles. The Morgan fingerprint density at radius 1 is 1.53 bits per heavy atom. The van der Waals surface area contributed by atoms with Crippen molar-refractivity contribution in [3.63, 3.8) is 0 Å². The maximum absolute atomic E-state index is 9.72. The first-order valence-electron chi connectivity index (χ1n) is 6.59. The van der Waals surface area contributed by atoms with E-state index < -0.39 is 5.60 Å². The minimum Gasteiger partial charge on any atom is -0.393 e. The normalized spacial score (nSPS) is 40.1. The maximum Gasteiger partial charge on any atom is 0.103 e. The van der Waals surface area contributed by atoms with E-state index in [1.165, 1.54) is 24.8 Å². The third-order valence-electron chi connectivity index (χ3n) is 4.90. The Morgan fingerprint density at radius 2 is 2.24 bits per heavy atom. The molecule has 0 aromatic rings. The highest BCUT2D eigenvalue weighted by Crippen LogP contribution is 2.60. The molecule has 0 aromatic carbocycles. The summed E-state index contributed by atoms with van der Waals surface area (Å²) in [6.45, 7) is 7.98. The van der Waals surface area contributed by atoms with Crippen LogP contribution in [0.15, 0.2) is 24.3 Å². The third-order valence-corrected chi connectivity index (χ3v) is 4.90. The number of aliphatic hydroxyl groups excluding tert-OH is 1. The molecule has 2 rings (SSSR count). The molecule has 17 heavy (non-hydrogen) atoms. The Balaban J connectivity index is 2.02. The van der Waals surface area contributed by atoms with Gasteiger partial charge in [0.25, 0.3) is 0 Å². The van der Waals surface area contributed by atoms with Crippen LogP contribution in [0.25, 0.3) is 0 Å². The van der Waals surface area contributed by atoms with Gasteiger partial charge in [0, 0.05) is 0 Å². The van der Waals surface area contributed by atoms with Crippen LogP contribution in [0.4, 0.5) is 0 Å². The van der Waals surface area contributed by atoms with Gasteiger partial charge in [-0.25, -0.2) is 0 Å². The first kappa shape index (κ1) is 12.8. The molecule has 0 heterocycles. The summed E-state index contributed by atoms with van der Waals surface area (Å²) in [5.74, 6) is 1.50. The lowest BCUT2D eigenvalue weighted by atomic mass is 9.69. The molecule has 0 aliphatic heterocycles. The van der Waals surface area contributed by atoms with E-state index in [2.05, 4.69) is 13.5 Å². The molecule has 2 N–H and O–H groups in total. The molecule has 2 nitrogen and oxygen atoms in total. The SMILES string of the molecule is C=C1[C@@H]2CC[C@@H](C2)[C@@]1(C)C/C=C/[C@@](C)(O)CO. The quantitative estimate of drug-likeness (QED) is 0.737. The predicted octanol–water partition coefficient (Wildman–Crippen LogP) is 2.67. The van der Waals surface area contributed by atoms with Crippen molar-refractivity contribution in [2.45, 2.75) is 45.1 Å². The molecule has 0 unspecified atom stereocenters. The molecule has 0 amide bonds. The molecule has 2 heteroatoms. The number of rotatable bonds is 4. The first-order valence-corrected chi connectivity index (χ1v) is 6.59. The van der Waals surface area contributed by atoms with Crippen LogP contribution in [0.5, 0.6) is 0 Å². The first-order chi connectivity index (χ1) is 7.89. The number of allylic oxidation sites excluding steroid dienone is 2. The molecular formula is C15H24O2. The van der Waals surface area contributed by atoms with Crippen LogP contribution < -0.4 is 0 Å². The molecule has 2 bridgehead atoms. The summed E-state index contributed by atoms with van der Waals surface area (Å²) in [4.78, 5) is 0. The second-order valence-corrected chi connectivity index (χ2v) is 6.27. The van der Waals surface area contributed by atoms with Gasteiger partial charge in [-0.05, 0) is 49.9 Å². The molecule has 0 radical (unpaired) electrons. The minimum atomic E-state index is -1.09. The third kappa shape index (κ3) is 2.21. The van der Waals surface area contributed by atoms with E-state index in [1.807, 2.05) is 6.08 Å². The zero-order valence-corrected chi connectivity index (χ0v) is 10.9. The van der Waals surface area contributed by atoms with Gasteiger partial charge in [-0.1, -0.05) is 31.2 Å². The van der Waals surface area contributed by atoms with E-state index in [9.17, 15) is 5.11 Å². The Labute approximate surface area is 104 Å². The highest BCUT2D eigenvalue weighted by molar-refractivity contribution is 5.25. The summed E-state index contributed by atoms with van der Waals surface area (Å²) in [5, 5.41) is 18.7. The van der Waals surface area contributed by atoms with Crippen molar-refractivity contribution in [1.82, 2.24) is 0 Å².